The predicted molar refractivity (Wildman–Crippen MR) is 81.7 cm³/mol. The summed E-state index contributed by atoms with van der Waals surface area (Å²) in [5.74, 6) is 0.00282. The molecule has 1 fully saturated rings. The number of para-hydroxylation sites is 1. The van der Waals surface area contributed by atoms with E-state index in [1.807, 2.05) is 11.8 Å². The fourth-order valence-electron chi connectivity index (χ4n) is 2.58. The first-order valence-corrected chi connectivity index (χ1v) is 8.14. The number of methoxy groups -OCH3 is 1. The van der Waals surface area contributed by atoms with Crippen LogP contribution in [-0.2, 0) is 0 Å². The molecule has 4 nitrogen and oxygen atoms in total. The fourth-order valence-corrected chi connectivity index (χ4v) is 3.32. The third-order valence-corrected chi connectivity index (χ3v) is 4.94. The summed E-state index contributed by atoms with van der Waals surface area (Å²) in [7, 11) is 1.47. The van der Waals surface area contributed by atoms with Gasteiger partial charge in [0.2, 0.25) is 0 Å². The number of thioether (sulfide) groups is 1. The molecule has 5 heteroatoms. The van der Waals surface area contributed by atoms with Crippen LogP contribution < -0.4 is 10.1 Å². The Bertz CT molecular complexity index is 470. The van der Waals surface area contributed by atoms with Gasteiger partial charge in [-0.2, -0.15) is 11.8 Å². The maximum atomic E-state index is 12.2. The molecule has 0 aliphatic heterocycles. The molecular weight excluding hydrogens is 274 g/mol. The lowest BCUT2D eigenvalue weighted by Gasteiger charge is -2.28. The van der Waals surface area contributed by atoms with E-state index in [9.17, 15) is 9.90 Å². The van der Waals surface area contributed by atoms with E-state index in [1.165, 1.54) is 7.11 Å². The van der Waals surface area contributed by atoms with Gasteiger partial charge < -0.3 is 15.2 Å². The zero-order valence-corrected chi connectivity index (χ0v) is 12.7. The molecule has 20 heavy (non-hydrogen) atoms. The predicted octanol–water partition coefficient (Wildman–Crippen LogP) is 2.80. The van der Waals surface area contributed by atoms with Crippen molar-refractivity contribution in [2.75, 3.05) is 13.4 Å². The SMILES string of the molecule is COc1cccc(C(=O)NC2CCC(SC)CC2)c1O. The van der Waals surface area contributed by atoms with Gasteiger partial charge in [0.15, 0.2) is 11.5 Å². The van der Waals surface area contributed by atoms with E-state index in [0.717, 1.165) is 25.7 Å². The number of phenolic OH excluding ortho intramolecular Hbond substituents is 1. The van der Waals surface area contributed by atoms with Crippen LogP contribution in [-0.4, -0.2) is 35.7 Å². The summed E-state index contributed by atoms with van der Waals surface area (Å²) >= 11 is 1.90. The number of carbonyl (C=O) groups excluding carboxylic acids is 1. The Hall–Kier alpha value is -1.36. The van der Waals surface area contributed by atoms with Gasteiger partial charge in [-0.05, 0) is 44.1 Å². The first kappa shape index (κ1) is 15.0. The molecule has 0 radical (unpaired) electrons. The van der Waals surface area contributed by atoms with E-state index in [2.05, 4.69) is 11.6 Å². The van der Waals surface area contributed by atoms with Gasteiger partial charge in [0.1, 0.15) is 0 Å². The Morgan fingerprint density at radius 1 is 1.35 bits per heavy atom. The molecular formula is C15H21NO3S. The van der Waals surface area contributed by atoms with Crippen LogP contribution in [0.15, 0.2) is 18.2 Å². The number of aromatic hydroxyl groups is 1. The Kier molecular flexibility index (Phi) is 5.17. The standard InChI is InChI=1S/C15H21NO3S/c1-19-13-5-3-4-12(14(13)17)15(18)16-10-6-8-11(20-2)9-7-10/h3-5,10-11,17H,6-9H2,1-2H3,(H,16,18). The van der Waals surface area contributed by atoms with Gasteiger partial charge in [-0.1, -0.05) is 6.07 Å². The number of carbonyl (C=O) groups is 1. The van der Waals surface area contributed by atoms with Crippen molar-refractivity contribution in [3.63, 3.8) is 0 Å². The Balaban J connectivity index is 1.99. The molecule has 2 N–H and O–H groups in total. The van der Waals surface area contributed by atoms with Gasteiger partial charge in [0, 0.05) is 11.3 Å². The average molecular weight is 295 g/mol. The highest BCUT2D eigenvalue weighted by Crippen LogP contribution is 2.30. The number of benzene rings is 1. The zero-order valence-electron chi connectivity index (χ0n) is 11.9. The lowest BCUT2D eigenvalue weighted by atomic mass is 9.94. The summed E-state index contributed by atoms with van der Waals surface area (Å²) < 4.78 is 5.02. The van der Waals surface area contributed by atoms with Crippen molar-refractivity contribution in [2.45, 2.75) is 37.0 Å². The quantitative estimate of drug-likeness (QED) is 0.897. The molecule has 0 saturated heterocycles. The summed E-state index contributed by atoms with van der Waals surface area (Å²) in [6.07, 6.45) is 6.41. The molecule has 0 atom stereocenters. The van der Waals surface area contributed by atoms with E-state index in [-0.39, 0.29) is 23.3 Å². The second kappa shape index (κ2) is 6.88. The van der Waals surface area contributed by atoms with E-state index in [1.54, 1.807) is 18.2 Å². The number of hydrogen-bond donors (Lipinski definition) is 2. The number of hydrogen-bond acceptors (Lipinski definition) is 4. The lowest BCUT2D eigenvalue weighted by molar-refractivity contribution is 0.0925. The van der Waals surface area contributed by atoms with Crippen molar-refractivity contribution in [1.82, 2.24) is 5.32 Å². The third kappa shape index (κ3) is 3.39. The van der Waals surface area contributed by atoms with E-state index in [4.69, 9.17) is 4.74 Å². The first-order valence-electron chi connectivity index (χ1n) is 6.85. The van der Waals surface area contributed by atoms with Crippen molar-refractivity contribution in [3.05, 3.63) is 23.8 Å². The second-order valence-electron chi connectivity index (χ2n) is 5.04. The van der Waals surface area contributed by atoms with Crippen molar-refractivity contribution < 1.29 is 14.6 Å². The Morgan fingerprint density at radius 2 is 2.05 bits per heavy atom. The molecule has 2 rings (SSSR count). The number of nitrogens with one attached hydrogen (secondary N) is 1. The van der Waals surface area contributed by atoms with Crippen LogP contribution in [0.25, 0.3) is 0 Å². The average Bonchev–Trinajstić information content (AvgIpc) is 2.48. The number of ether oxygens (including phenoxy) is 1. The molecule has 0 spiro atoms. The van der Waals surface area contributed by atoms with Crippen LogP contribution in [0.4, 0.5) is 0 Å². The Morgan fingerprint density at radius 3 is 2.65 bits per heavy atom. The van der Waals surface area contributed by atoms with Gasteiger partial charge in [-0.25, -0.2) is 0 Å². The minimum absolute atomic E-state index is 0.0923. The highest BCUT2D eigenvalue weighted by Gasteiger charge is 2.23. The topological polar surface area (TPSA) is 58.6 Å². The molecule has 1 aromatic carbocycles. The summed E-state index contributed by atoms with van der Waals surface area (Å²) in [5, 5.41) is 13.7. The summed E-state index contributed by atoms with van der Waals surface area (Å²) in [6.45, 7) is 0. The minimum Gasteiger partial charge on any atom is -0.504 e. The van der Waals surface area contributed by atoms with Gasteiger partial charge in [-0.15, -0.1) is 0 Å². The van der Waals surface area contributed by atoms with E-state index < -0.39 is 0 Å². The van der Waals surface area contributed by atoms with Crippen LogP contribution >= 0.6 is 11.8 Å². The molecule has 0 bridgehead atoms. The van der Waals surface area contributed by atoms with Crippen molar-refractivity contribution >= 4 is 17.7 Å². The van der Waals surface area contributed by atoms with Crippen LogP contribution in [0.5, 0.6) is 11.5 Å². The van der Waals surface area contributed by atoms with Crippen molar-refractivity contribution in [3.8, 4) is 11.5 Å². The molecule has 0 unspecified atom stereocenters. The fraction of sp³-hybridized carbons (Fsp3) is 0.533. The number of phenols is 1. The molecule has 1 aliphatic carbocycles. The van der Waals surface area contributed by atoms with Crippen molar-refractivity contribution in [1.29, 1.82) is 0 Å². The molecule has 0 heterocycles. The summed E-state index contributed by atoms with van der Waals surface area (Å²) in [6, 6.07) is 5.16. The highest BCUT2D eigenvalue weighted by atomic mass is 32.2. The Labute approximate surface area is 123 Å². The minimum atomic E-state index is -0.228. The summed E-state index contributed by atoms with van der Waals surface area (Å²) in [5.41, 5.74) is 0.274. The molecule has 110 valence electrons. The highest BCUT2D eigenvalue weighted by molar-refractivity contribution is 7.99. The maximum absolute atomic E-state index is 12.2. The van der Waals surface area contributed by atoms with Gasteiger partial charge in [-0.3, -0.25) is 4.79 Å². The third-order valence-electron chi connectivity index (χ3n) is 3.81. The molecule has 1 aromatic rings. The largest absolute Gasteiger partial charge is 0.504 e. The normalized spacial score (nSPS) is 22.3. The van der Waals surface area contributed by atoms with Crippen LogP contribution in [0, 0.1) is 0 Å². The van der Waals surface area contributed by atoms with Gasteiger partial charge >= 0.3 is 0 Å². The number of rotatable bonds is 4. The molecule has 1 aliphatic rings. The van der Waals surface area contributed by atoms with Crippen molar-refractivity contribution in [2.24, 2.45) is 0 Å². The van der Waals surface area contributed by atoms with E-state index >= 15 is 0 Å². The van der Waals surface area contributed by atoms with Crippen LogP contribution in [0.3, 0.4) is 0 Å². The van der Waals surface area contributed by atoms with Gasteiger partial charge in [0.05, 0.1) is 12.7 Å². The lowest BCUT2D eigenvalue weighted by Crippen LogP contribution is -2.38. The maximum Gasteiger partial charge on any atom is 0.255 e. The first-order chi connectivity index (χ1) is 9.65. The smallest absolute Gasteiger partial charge is 0.255 e. The molecule has 1 amide bonds. The molecule has 1 saturated carbocycles. The van der Waals surface area contributed by atoms with E-state index in [0.29, 0.717) is 11.0 Å². The second-order valence-corrected chi connectivity index (χ2v) is 6.18. The number of amides is 1. The van der Waals surface area contributed by atoms with Crippen LogP contribution in [0.1, 0.15) is 36.0 Å². The summed E-state index contributed by atoms with van der Waals surface area (Å²) in [4.78, 5) is 12.2. The van der Waals surface area contributed by atoms with Crippen LogP contribution in [0.2, 0.25) is 0 Å². The van der Waals surface area contributed by atoms with Gasteiger partial charge in [0.25, 0.3) is 5.91 Å². The zero-order chi connectivity index (χ0) is 14.5. The monoisotopic (exact) mass is 295 g/mol. The molecule has 0 aromatic heterocycles.